The Bertz CT molecular complexity index is 1700. The average Bonchev–Trinajstić information content (AvgIpc) is 3.33. The molecular weight excluding hydrogens is 496 g/mol. The molecule has 196 valence electrons. The number of aromatic carboxylic acids is 1. The number of benzene rings is 2. The van der Waals surface area contributed by atoms with E-state index < -0.39 is 5.97 Å². The second-order valence-corrected chi connectivity index (χ2v) is 9.10. The Morgan fingerprint density at radius 1 is 1.08 bits per heavy atom. The molecule has 1 aliphatic heterocycles. The van der Waals surface area contributed by atoms with Gasteiger partial charge in [0, 0.05) is 19.6 Å². The zero-order chi connectivity index (χ0) is 27.4. The van der Waals surface area contributed by atoms with E-state index in [2.05, 4.69) is 26.6 Å². The largest absolute Gasteiger partial charge is 0.478 e. The Kier molecular flexibility index (Phi) is 7.28. The molecule has 3 heterocycles. The highest BCUT2D eigenvalue weighted by atomic mass is 16.5. The van der Waals surface area contributed by atoms with Crippen LogP contribution in [0.1, 0.15) is 42.1 Å². The molecular formula is C29H26N6O4. The van der Waals surface area contributed by atoms with Gasteiger partial charge in [0.05, 0.1) is 18.7 Å². The number of para-hydroxylation sites is 1. The van der Waals surface area contributed by atoms with Crippen LogP contribution in [0.15, 0.2) is 53.3 Å². The minimum atomic E-state index is -1.06. The van der Waals surface area contributed by atoms with Crippen LogP contribution < -0.4 is 15.2 Å². The summed E-state index contributed by atoms with van der Waals surface area (Å²) in [5.41, 5.74) is 1.34. The number of imidazole rings is 1. The van der Waals surface area contributed by atoms with Crippen molar-refractivity contribution < 1.29 is 14.6 Å². The third-order valence-corrected chi connectivity index (χ3v) is 6.61. The van der Waals surface area contributed by atoms with E-state index >= 15 is 0 Å². The molecule has 0 aliphatic carbocycles. The molecule has 2 aromatic carbocycles. The Balaban J connectivity index is 1.69. The summed E-state index contributed by atoms with van der Waals surface area (Å²) in [6.45, 7) is 11.3. The van der Waals surface area contributed by atoms with E-state index in [0.29, 0.717) is 28.5 Å². The molecule has 0 amide bonds. The molecule has 10 nitrogen and oxygen atoms in total. The van der Waals surface area contributed by atoms with E-state index in [1.54, 1.807) is 25.1 Å². The van der Waals surface area contributed by atoms with Crippen LogP contribution in [-0.4, -0.2) is 43.3 Å². The van der Waals surface area contributed by atoms with Crippen molar-refractivity contribution in [3.8, 4) is 23.6 Å². The highest BCUT2D eigenvalue weighted by molar-refractivity contribution is 5.87. The van der Waals surface area contributed by atoms with E-state index in [0.717, 1.165) is 32.4 Å². The lowest BCUT2D eigenvalue weighted by Crippen LogP contribution is -2.32. The monoisotopic (exact) mass is 522 g/mol. The minimum Gasteiger partial charge on any atom is -0.478 e. The van der Waals surface area contributed by atoms with Crippen molar-refractivity contribution in [2.75, 3.05) is 18.0 Å². The summed E-state index contributed by atoms with van der Waals surface area (Å²) in [6.07, 6.45) is 3.22. The summed E-state index contributed by atoms with van der Waals surface area (Å²) in [4.78, 5) is 40.6. The molecule has 0 unspecified atom stereocenters. The third kappa shape index (κ3) is 5.18. The van der Waals surface area contributed by atoms with Gasteiger partial charge in [0.1, 0.15) is 5.75 Å². The third-order valence-electron chi connectivity index (χ3n) is 6.61. The smallest absolute Gasteiger partial charge is 0.335 e. The normalized spacial score (nSPS) is 13.0. The van der Waals surface area contributed by atoms with Gasteiger partial charge in [0.15, 0.2) is 16.9 Å². The van der Waals surface area contributed by atoms with Crippen molar-refractivity contribution in [1.29, 1.82) is 0 Å². The first-order valence-electron chi connectivity index (χ1n) is 12.6. The first-order chi connectivity index (χ1) is 19.0. The summed E-state index contributed by atoms with van der Waals surface area (Å²) in [6, 6.07) is 12.9. The first kappa shape index (κ1) is 25.6. The van der Waals surface area contributed by atoms with Crippen molar-refractivity contribution in [2.45, 2.75) is 39.3 Å². The molecule has 10 heteroatoms. The zero-order valence-corrected chi connectivity index (χ0v) is 21.4. The van der Waals surface area contributed by atoms with Crippen molar-refractivity contribution >= 4 is 28.8 Å². The number of carbonyl (C=O) groups is 1. The standard InChI is InChI=1S/C29H26N6O4/c1-3-4-18-34-24-25(31-28(34)33-16-8-5-9-17-33)32-29(39-22-14-12-20(13-15-22)27(37)38)35(26(24)36)19-21-10-6-7-11-23(21)30-2/h6-7,10-15H,5,8-9,16-19H2,1H3,(H,37,38). The molecule has 0 radical (unpaired) electrons. The fourth-order valence-electron chi connectivity index (χ4n) is 4.64. The van der Waals surface area contributed by atoms with Gasteiger partial charge in [0.25, 0.3) is 5.56 Å². The van der Waals surface area contributed by atoms with E-state index in [9.17, 15) is 14.7 Å². The summed E-state index contributed by atoms with van der Waals surface area (Å²) in [7, 11) is 0. The lowest BCUT2D eigenvalue weighted by Gasteiger charge is -2.27. The predicted octanol–water partition coefficient (Wildman–Crippen LogP) is 4.70. The van der Waals surface area contributed by atoms with Gasteiger partial charge in [0.2, 0.25) is 5.95 Å². The highest BCUT2D eigenvalue weighted by Gasteiger charge is 2.25. The molecule has 1 aliphatic rings. The highest BCUT2D eigenvalue weighted by Crippen LogP contribution is 2.28. The van der Waals surface area contributed by atoms with E-state index in [1.165, 1.54) is 28.8 Å². The maximum absolute atomic E-state index is 14.1. The Morgan fingerprint density at radius 2 is 1.82 bits per heavy atom. The van der Waals surface area contributed by atoms with Gasteiger partial charge in [-0.1, -0.05) is 30.2 Å². The quantitative estimate of drug-likeness (QED) is 0.277. The second-order valence-electron chi connectivity index (χ2n) is 9.10. The van der Waals surface area contributed by atoms with Crippen LogP contribution in [0.25, 0.3) is 16.0 Å². The summed E-state index contributed by atoms with van der Waals surface area (Å²) < 4.78 is 9.24. The Morgan fingerprint density at radius 3 is 2.51 bits per heavy atom. The number of rotatable bonds is 7. The van der Waals surface area contributed by atoms with Crippen molar-refractivity contribution in [3.05, 3.63) is 81.4 Å². The molecule has 5 rings (SSSR count). The van der Waals surface area contributed by atoms with Crippen LogP contribution in [0.4, 0.5) is 11.6 Å². The minimum absolute atomic E-state index is 0.00761. The summed E-state index contributed by atoms with van der Waals surface area (Å²) in [5.74, 6) is 5.86. The molecule has 4 aromatic rings. The van der Waals surface area contributed by atoms with Crippen LogP contribution in [0.5, 0.6) is 11.8 Å². The summed E-state index contributed by atoms with van der Waals surface area (Å²) in [5, 5.41) is 9.23. The molecule has 0 saturated carbocycles. The lowest BCUT2D eigenvalue weighted by atomic mass is 10.1. The number of carboxylic acids is 1. The molecule has 0 bridgehead atoms. The molecule has 1 N–H and O–H groups in total. The molecule has 0 spiro atoms. The van der Waals surface area contributed by atoms with Gasteiger partial charge < -0.3 is 14.7 Å². The van der Waals surface area contributed by atoms with Gasteiger partial charge >= 0.3 is 12.0 Å². The number of aromatic nitrogens is 4. The van der Waals surface area contributed by atoms with Gasteiger partial charge in [-0.15, -0.1) is 5.92 Å². The molecule has 39 heavy (non-hydrogen) atoms. The Labute approximate surface area is 224 Å². The number of fused-ring (bicyclic) bond motifs is 1. The molecule has 0 atom stereocenters. The number of ether oxygens (including phenoxy) is 1. The van der Waals surface area contributed by atoms with Gasteiger partial charge in [-0.3, -0.25) is 13.9 Å². The number of nitrogens with zero attached hydrogens (tertiary/aromatic N) is 6. The predicted molar refractivity (Wildman–Crippen MR) is 147 cm³/mol. The number of piperidine rings is 1. The van der Waals surface area contributed by atoms with Crippen molar-refractivity contribution in [2.24, 2.45) is 0 Å². The van der Waals surface area contributed by atoms with Crippen LogP contribution >= 0.6 is 0 Å². The second kappa shape index (κ2) is 11.1. The fraction of sp³-hybridized carbons (Fsp3) is 0.276. The Hall–Kier alpha value is -5.09. The van der Waals surface area contributed by atoms with E-state index in [-0.39, 0.29) is 35.9 Å². The van der Waals surface area contributed by atoms with Gasteiger partial charge in [-0.2, -0.15) is 9.97 Å². The SMILES string of the molecule is [C-]#[N+]c1ccccc1Cn1c(Oc2ccc(C(=O)O)cc2)nc2nc(N3CCCCC3)n(CC#CC)c2c1=O. The lowest BCUT2D eigenvalue weighted by molar-refractivity contribution is 0.0697. The average molecular weight is 523 g/mol. The van der Waals surface area contributed by atoms with Crippen LogP contribution in [0.3, 0.4) is 0 Å². The maximum Gasteiger partial charge on any atom is 0.335 e. The van der Waals surface area contributed by atoms with Crippen LogP contribution in [0.2, 0.25) is 0 Å². The molecule has 1 saturated heterocycles. The molecule has 2 aromatic heterocycles. The van der Waals surface area contributed by atoms with Gasteiger partial charge in [-0.05, 0) is 56.0 Å². The van der Waals surface area contributed by atoms with Crippen molar-refractivity contribution in [1.82, 2.24) is 19.1 Å². The van der Waals surface area contributed by atoms with Gasteiger partial charge in [-0.25, -0.2) is 9.64 Å². The van der Waals surface area contributed by atoms with Crippen LogP contribution in [-0.2, 0) is 13.1 Å². The van der Waals surface area contributed by atoms with Crippen LogP contribution in [0, 0.1) is 18.4 Å². The van der Waals surface area contributed by atoms with Crippen molar-refractivity contribution in [3.63, 3.8) is 0 Å². The first-order valence-corrected chi connectivity index (χ1v) is 12.6. The topological polar surface area (TPSA) is 107 Å². The molecule has 1 fully saturated rings. The number of anilines is 1. The summed E-state index contributed by atoms with van der Waals surface area (Å²) >= 11 is 0. The zero-order valence-electron chi connectivity index (χ0n) is 21.4. The fourth-order valence-corrected chi connectivity index (χ4v) is 4.64. The number of carboxylic acid groups (broad SMARTS) is 1. The van der Waals surface area contributed by atoms with E-state index in [4.69, 9.17) is 16.3 Å². The number of hydrogen-bond acceptors (Lipinski definition) is 6. The number of hydrogen-bond donors (Lipinski definition) is 1. The van der Waals surface area contributed by atoms with E-state index in [1.807, 2.05) is 10.6 Å². The maximum atomic E-state index is 14.1.